The van der Waals surface area contributed by atoms with Crippen molar-refractivity contribution in [2.45, 2.75) is 90.0 Å². The van der Waals surface area contributed by atoms with Gasteiger partial charge >= 0.3 is 12.2 Å². The molecule has 1 unspecified atom stereocenters. The van der Waals surface area contributed by atoms with Gasteiger partial charge in [-0.15, -0.1) is 0 Å². The fourth-order valence-electron chi connectivity index (χ4n) is 10.2. The molecule has 4 heterocycles. The number of hydrogen-bond donors (Lipinski definition) is 4. The first-order valence-electron chi connectivity index (χ1n) is 22.4. The van der Waals surface area contributed by atoms with Crippen LogP contribution in [0.2, 0.25) is 0 Å². The summed E-state index contributed by atoms with van der Waals surface area (Å²) in [6.07, 6.45) is 5.16. The largest absolute Gasteiger partial charge is 0.453 e. The first-order chi connectivity index (χ1) is 30.9. The molecule has 2 aliphatic heterocycles. The van der Waals surface area contributed by atoms with Crippen molar-refractivity contribution in [2.24, 2.45) is 17.8 Å². The highest BCUT2D eigenvalue weighted by Crippen LogP contribution is 2.50. The van der Waals surface area contributed by atoms with Crippen LogP contribution < -0.4 is 10.6 Å². The molecule has 332 valence electrons. The quantitative estimate of drug-likeness (QED) is 0.0999. The van der Waals surface area contributed by atoms with Crippen LogP contribution in [-0.2, 0) is 19.1 Å². The first-order valence-corrected chi connectivity index (χ1v) is 22.4. The molecule has 2 saturated heterocycles. The summed E-state index contributed by atoms with van der Waals surface area (Å²) in [6.45, 7) is 8.28. The Morgan fingerprint density at radius 3 is 1.94 bits per heavy atom. The summed E-state index contributed by atoms with van der Waals surface area (Å²) in [4.78, 5) is 72.4. The molecular formula is C50H56N8O6. The number of alkyl carbamates (subject to hydrolysis) is 2. The van der Waals surface area contributed by atoms with Crippen molar-refractivity contribution < 1.29 is 28.7 Å². The molecule has 4 amide bonds. The number of ether oxygens (including phenoxy) is 2. The van der Waals surface area contributed by atoms with Gasteiger partial charge in [-0.3, -0.25) is 9.59 Å². The Labute approximate surface area is 372 Å². The average Bonchev–Trinajstić information content (AvgIpc) is 4.17. The Balaban J connectivity index is 0.894. The number of imidazole rings is 2. The number of rotatable bonds is 11. The summed E-state index contributed by atoms with van der Waals surface area (Å²) in [7, 11) is 2.61. The summed E-state index contributed by atoms with van der Waals surface area (Å²) in [6, 6.07) is 26.1. The van der Waals surface area contributed by atoms with E-state index in [-0.39, 0.29) is 41.8 Å². The van der Waals surface area contributed by atoms with E-state index in [1.54, 1.807) is 0 Å². The van der Waals surface area contributed by atoms with E-state index in [9.17, 15) is 19.2 Å². The van der Waals surface area contributed by atoms with Crippen molar-refractivity contribution in [3.63, 3.8) is 0 Å². The number of hydrogen-bond acceptors (Lipinski definition) is 8. The van der Waals surface area contributed by atoms with Crippen molar-refractivity contribution >= 4 is 45.8 Å². The minimum atomic E-state index is -0.686. The minimum absolute atomic E-state index is 0.0877. The number of carbonyl (C=O) groups excluding carboxylic acids is 4. The number of piperidine rings is 1. The standard InChI is InChI=1S/C50H56N8O6/c1-27(2)42(55-49(61)63-5)47(59)57-21-7-8-41(57)45-51-26-40(54-45)30-11-9-29(10-12-30)31-13-14-33-23-34(16-15-32(33)22-31)35-18-20-38-39(25-35)53-46(52-38)44-36-17-19-37(24-36)58(44)48(60)43(28(3)4)56-50(62)64-6/h9-16,18,20,22-23,25-28,36-37,41-44H,7-8,17,19,21,24H2,1-6H3,(H,51,54)(H,52,53)(H,55,61)(H,56,62)/t36-,37+,41-,42-,43-,44?/m0/s1. The zero-order chi connectivity index (χ0) is 44.8. The van der Waals surface area contributed by atoms with Crippen molar-refractivity contribution in [1.82, 2.24) is 40.4 Å². The third kappa shape index (κ3) is 8.05. The summed E-state index contributed by atoms with van der Waals surface area (Å²) in [5, 5.41) is 7.74. The van der Waals surface area contributed by atoms with Crippen LogP contribution >= 0.6 is 0 Å². The number of nitrogens with zero attached hydrogens (tertiary/aromatic N) is 4. The second-order valence-corrected chi connectivity index (χ2v) is 18.2. The summed E-state index contributed by atoms with van der Waals surface area (Å²) >= 11 is 0. The van der Waals surface area contributed by atoms with Gasteiger partial charge in [0.1, 0.15) is 23.7 Å². The molecule has 2 aromatic heterocycles. The lowest BCUT2D eigenvalue weighted by Crippen LogP contribution is -2.54. The summed E-state index contributed by atoms with van der Waals surface area (Å²) in [5.41, 5.74) is 8.00. The van der Waals surface area contributed by atoms with E-state index in [1.807, 2.05) is 49.8 Å². The van der Waals surface area contributed by atoms with E-state index in [0.717, 1.165) is 99.1 Å². The lowest BCUT2D eigenvalue weighted by molar-refractivity contribution is -0.139. The van der Waals surface area contributed by atoms with Gasteiger partial charge in [0.25, 0.3) is 0 Å². The van der Waals surface area contributed by atoms with Crippen molar-refractivity contribution in [1.29, 1.82) is 0 Å². The number of fused-ring (bicyclic) bond motifs is 4. The lowest BCUT2D eigenvalue weighted by Gasteiger charge is -2.37. The Bertz CT molecular complexity index is 2720. The zero-order valence-electron chi connectivity index (χ0n) is 37.2. The summed E-state index contributed by atoms with van der Waals surface area (Å²) < 4.78 is 9.62. The number of amides is 4. The molecule has 4 N–H and O–H groups in total. The number of likely N-dealkylation sites (tertiary alicyclic amines) is 2. The fraction of sp³-hybridized carbons (Fsp3) is 0.400. The van der Waals surface area contributed by atoms with E-state index in [0.29, 0.717) is 12.5 Å². The maximum Gasteiger partial charge on any atom is 0.407 e. The van der Waals surface area contributed by atoms with Crippen molar-refractivity contribution in [2.75, 3.05) is 20.8 Å². The molecule has 6 atom stereocenters. The molecule has 3 fully saturated rings. The van der Waals surface area contributed by atoms with Crippen LogP contribution in [0.1, 0.15) is 83.5 Å². The highest BCUT2D eigenvalue weighted by molar-refractivity contribution is 5.93. The number of benzene rings is 4. The van der Waals surface area contributed by atoms with Crippen LogP contribution in [0.25, 0.3) is 55.3 Å². The predicted octanol–water partition coefficient (Wildman–Crippen LogP) is 8.92. The highest BCUT2D eigenvalue weighted by Gasteiger charge is 2.51. The van der Waals surface area contributed by atoms with Gasteiger partial charge in [0.15, 0.2) is 0 Å². The molecule has 0 spiro atoms. The molecule has 14 nitrogen and oxygen atoms in total. The van der Waals surface area contributed by atoms with Gasteiger partial charge in [-0.2, -0.15) is 0 Å². The van der Waals surface area contributed by atoms with E-state index < -0.39 is 24.3 Å². The average molecular weight is 865 g/mol. The monoisotopic (exact) mass is 864 g/mol. The third-order valence-electron chi connectivity index (χ3n) is 13.6. The van der Waals surface area contributed by atoms with Crippen LogP contribution in [0.4, 0.5) is 9.59 Å². The Hall–Kier alpha value is -6.70. The highest BCUT2D eigenvalue weighted by atomic mass is 16.5. The van der Waals surface area contributed by atoms with Gasteiger partial charge in [0.05, 0.1) is 49.2 Å². The molecule has 0 radical (unpaired) electrons. The molecule has 9 rings (SSSR count). The maximum atomic E-state index is 14.1. The number of aromatic nitrogens is 4. The maximum absolute atomic E-state index is 14.1. The molecule has 14 heteroatoms. The van der Waals surface area contributed by atoms with E-state index in [2.05, 4.69) is 93.4 Å². The number of nitrogens with one attached hydrogen (secondary N) is 4. The smallest absolute Gasteiger partial charge is 0.407 e. The van der Waals surface area contributed by atoms with Gasteiger partial charge in [-0.25, -0.2) is 19.6 Å². The molecule has 1 saturated carbocycles. The SMILES string of the molecule is COC(=O)N[C@H](C(=O)N1CCC[C@H]1c1ncc(-c2ccc(-c3ccc4cc(-c5ccc6nc(C7[C@H]8CC[C@H](C8)N7C(=O)[C@@H](NC(=O)OC)C(C)C)[nH]c6c5)ccc4c3)cc2)[nH]1)C(C)C. The normalized spacial score (nSPS) is 20.3. The molecule has 6 aromatic rings. The minimum Gasteiger partial charge on any atom is -0.453 e. The molecule has 3 aliphatic rings. The number of aromatic amines is 2. The first kappa shape index (κ1) is 42.6. The van der Waals surface area contributed by atoms with Crippen LogP contribution in [0, 0.1) is 17.8 Å². The molecule has 4 aromatic carbocycles. The lowest BCUT2D eigenvalue weighted by atomic mass is 9.95. The van der Waals surface area contributed by atoms with Gasteiger partial charge in [0.2, 0.25) is 11.8 Å². The number of H-pyrrole nitrogens is 2. The van der Waals surface area contributed by atoms with Crippen LogP contribution in [0.5, 0.6) is 0 Å². The van der Waals surface area contributed by atoms with Gasteiger partial charge in [-0.1, -0.05) is 82.3 Å². The van der Waals surface area contributed by atoms with Gasteiger partial charge in [0, 0.05) is 12.6 Å². The van der Waals surface area contributed by atoms with E-state index >= 15 is 0 Å². The molecular weight excluding hydrogens is 809 g/mol. The van der Waals surface area contributed by atoms with E-state index in [4.69, 9.17) is 19.4 Å². The van der Waals surface area contributed by atoms with Crippen LogP contribution in [0.15, 0.2) is 85.1 Å². The Morgan fingerprint density at radius 2 is 1.28 bits per heavy atom. The predicted molar refractivity (Wildman–Crippen MR) is 245 cm³/mol. The van der Waals surface area contributed by atoms with Gasteiger partial charge < -0.3 is 39.9 Å². The van der Waals surface area contributed by atoms with Gasteiger partial charge in [-0.05, 0) is 113 Å². The van der Waals surface area contributed by atoms with Crippen molar-refractivity contribution in [3.8, 4) is 33.5 Å². The molecule has 2 bridgehead atoms. The van der Waals surface area contributed by atoms with E-state index in [1.165, 1.54) is 14.2 Å². The zero-order valence-corrected chi connectivity index (χ0v) is 37.2. The number of methoxy groups -OCH3 is 2. The summed E-state index contributed by atoms with van der Waals surface area (Å²) in [5.74, 6) is 1.40. The molecule has 1 aliphatic carbocycles. The third-order valence-corrected chi connectivity index (χ3v) is 13.6. The van der Waals surface area contributed by atoms with Crippen LogP contribution in [-0.4, -0.2) is 92.6 Å². The topological polar surface area (TPSA) is 175 Å². The molecule has 64 heavy (non-hydrogen) atoms. The number of carbonyl (C=O) groups is 4. The Kier molecular flexibility index (Phi) is 11.6. The second kappa shape index (κ2) is 17.5. The Morgan fingerprint density at radius 1 is 0.688 bits per heavy atom. The van der Waals surface area contributed by atoms with Crippen LogP contribution in [0.3, 0.4) is 0 Å². The second-order valence-electron chi connectivity index (χ2n) is 18.2. The van der Waals surface area contributed by atoms with Crippen molar-refractivity contribution in [3.05, 3.63) is 96.7 Å². The fourth-order valence-corrected chi connectivity index (χ4v) is 10.2.